The molecule has 1 amide bonds. The van der Waals surface area contributed by atoms with Crippen LogP contribution in [0.3, 0.4) is 0 Å². The van der Waals surface area contributed by atoms with Gasteiger partial charge in [0, 0.05) is 17.6 Å². The number of ether oxygens (including phenoxy) is 1. The Morgan fingerprint density at radius 1 is 1.14 bits per heavy atom. The third kappa shape index (κ3) is 7.62. The number of aromatic amines is 1. The molecule has 0 spiro atoms. The van der Waals surface area contributed by atoms with Crippen molar-refractivity contribution in [2.75, 3.05) is 11.9 Å². The Labute approximate surface area is 221 Å². The highest BCUT2D eigenvalue weighted by molar-refractivity contribution is 6.30. The number of hydrogen-bond donors (Lipinski definition) is 3. The number of aromatic nitrogens is 4. The molecule has 0 atom stereocenters. The van der Waals surface area contributed by atoms with Crippen LogP contribution in [-0.4, -0.2) is 43.4 Å². The van der Waals surface area contributed by atoms with E-state index in [0.29, 0.717) is 36.1 Å². The molecule has 192 valence electrons. The van der Waals surface area contributed by atoms with Gasteiger partial charge in [0.1, 0.15) is 17.4 Å². The summed E-state index contributed by atoms with van der Waals surface area (Å²) in [6, 6.07) is 17.0. The van der Waals surface area contributed by atoms with Crippen LogP contribution < -0.4 is 10.1 Å². The highest BCUT2D eigenvalue weighted by Crippen LogP contribution is 2.29. The molecule has 0 bridgehead atoms. The Hall–Kier alpha value is -3.75. The molecule has 2 aromatic heterocycles. The normalized spacial score (nSPS) is 11.4. The second-order valence-electron chi connectivity index (χ2n) is 9.53. The lowest BCUT2D eigenvalue weighted by atomic mass is 10.0. The van der Waals surface area contributed by atoms with Gasteiger partial charge in [-0.25, -0.2) is 9.97 Å². The van der Waals surface area contributed by atoms with E-state index in [9.17, 15) is 9.90 Å². The van der Waals surface area contributed by atoms with Gasteiger partial charge in [-0.15, -0.1) is 5.10 Å². The largest absolute Gasteiger partial charge is 0.494 e. The Morgan fingerprint density at radius 3 is 2.68 bits per heavy atom. The van der Waals surface area contributed by atoms with Gasteiger partial charge in [0.25, 0.3) is 5.91 Å². The van der Waals surface area contributed by atoms with Crippen molar-refractivity contribution >= 4 is 23.3 Å². The number of aliphatic hydroxyl groups is 1. The molecule has 0 saturated carbocycles. The zero-order valence-corrected chi connectivity index (χ0v) is 21.8. The Balaban J connectivity index is 1.41. The smallest absolute Gasteiger partial charge is 0.296 e. The molecule has 37 heavy (non-hydrogen) atoms. The van der Waals surface area contributed by atoms with Crippen LogP contribution in [0, 0.1) is 6.92 Å². The number of anilines is 1. The number of rotatable bonds is 10. The number of H-pyrrole nitrogens is 1. The molecule has 2 aromatic carbocycles. The topological polar surface area (TPSA) is 113 Å². The molecule has 0 fully saturated rings. The van der Waals surface area contributed by atoms with Crippen LogP contribution >= 0.6 is 11.6 Å². The van der Waals surface area contributed by atoms with Crippen molar-refractivity contribution in [3.63, 3.8) is 0 Å². The number of aryl methyl sites for hydroxylation is 1. The van der Waals surface area contributed by atoms with Gasteiger partial charge < -0.3 is 15.2 Å². The summed E-state index contributed by atoms with van der Waals surface area (Å²) in [6.45, 7) is 6.11. The van der Waals surface area contributed by atoms with Gasteiger partial charge in [0.15, 0.2) is 0 Å². The van der Waals surface area contributed by atoms with E-state index in [0.717, 1.165) is 34.4 Å². The first-order valence-electron chi connectivity index (χ1n) is 12.1. The molecule has 0 unspecified atom stereocenters. The average molecular weight is 520 g/mol. The van der Waals surface area contributed by atoms with Crippen LogP contribution in [0.1, 0.15) is 54.3 Å². The number of nitrogens with zero attached hydrogens (tertiary/aromatic N) is 3. The maximum absolute atomic E-state index is 12.8. The van der Waals surface area contributed by atoms with Crippen LogP contribution in [0.4, 0.5) is 5.82 Å². The number of pyridine rings is 1. The summed E-state index contributed by atoms with van der Waals surface area (Å²) in [5, 5.41) is 20.2. The monoisotopic (exact) mass is 519 g/mol. The SMILES string of the molecule is Cc1ccc(OCCCC(C)(C)O)cc1-c1ccnc(NC(=O)c2n[nH]c(Cc3ccc(Cl)cc3)n2)c1. The molecule has 4 rings (SSSR count). The zero-order chi connectivity index (χ0) is 26.4. The fourth-order valence-electron chi connectivity index (χ4n) is 3.81. The van der Waals surface area contributed by atoms with Crippen molar-refractivity contribution < 1.29 is 14.6 Å². The van der Waals surface area contributed by atoms with E-state index in [1.165, 1.54) is 0 Å². The lowest BCUT2D eigenvalue weighted by Gasteiger charge is -2.17. The first kappa shape index (κ1) is 26.3. The van der Waals surface area contributed by atoms with Crippen LogP contribution in [-0.2, 0) is 6.42 Å². The Morgan fingerprint density at radius 2 is 1.92 bits per heavy atom. The third-order valence-electron chi connectivity index (χ3n) is 5.74. The molecule has 0 aliphatic heterocycles. The first-order valence-corrected chi connectivity index (χ1v) is 12.4. The molecule has 0 aliphatic carbocycles. The minimum absolute atomic E-state index is 0.0359. The lowest BCUT2D eigenvalue weighted by Crippen LogP contribution is -2.19. The molecular formula is C28H30ClN5O3. The standard InChI is InChI=1S/C28H30ClN5O3/c1-18-5-10-22(37-14-4-12-28(2,3)36)17-23(18)20-11-13-30-24(16-20)32-27(35)26-31-25(33-34-26)15-19-6-8-21(29)9-7-19/h5-11,13,16-17,36H,4,12,14-15H2,1-3H3,(H,30,32,35)(H,31,33,34). The van der Waals surface area contributed by atoms with E-state index in [-0.39, 0.29) is 5.82 Å². The fourth-order valence-corrected chi connectivity index (χ4v) is 3.93. The van der Waals surface area contributed by atoms with E-state index >= 15 is 0 Å². The van der Waals surface area contributed by atoms with E-state index in [1.54, 1.807) is 38.2 Å². The van der Waals surface area contributed by atoms with Crippen LogP contribution in [0.5, 0.6) is 5.75 Å². The van der Waals surface area contributed by atoms with Crippen molar-refractivity contribution in [2.45, 2.75) is 45.6 Å². The highest BCUT2D eigenvalue weighted by Gasteiger charge is 2.15. The van der Waals surface area contributed by atoms with E-state index in [1.807, 2.05) is 43.3 Å². The fraction of sp³-hybridized carbons (Fsp3) is 0.286. The zero-order valence-electron chi connectivity index (χ0n) is 21.1. The minimum Gasteiger partial charge on any atom is -0.494 e. The van der Waals surface area contributed by atoms with Crippen molar-refractivity contribution in [2.24, 2.45) is 0 Å². The maximum Gasteiger partial charge on any atom is 0.296 e. The molecule has 0 saturated heterocycles. The quantitative estimate of drug-likeness (QED) is 0.235. The predicted octanol–water partition coefficient (Wildman–Crippen LogP) is 5.60. The maximum atomic E-state index is 12.8. The van der Waals surface area contributed by atoms with Gasteiger partial charge in [0.2, 0.25) is 5.82 Å². The van der Waals surface area contributed by atoms with Crippen molar-refractivity contribution in [1.29, 1.82) is 0 Å². The Bertz CT molecular complexity index is 1360. The second kappa shape index (κ2) is 11.5. The number of hydrogen-bond acceptors (Lipinski definition) is 6. The molecule has 0 radical (unpaired) electrons. The van der Waals surface area contributed by atoms with Gasteiger partial charge in [0.05, 0.1) is 12.2 Å². The van der Waals surface area contributed by atoms with E-state index < -0.39 is 11.5 Å². The summed E-state index contributed by atoms with van der Waals surface area (Å²) in [6.07, 6.45) is 3.55. The van der Waals surface area contributed by atoms with Crippen LogP contribution in [0.2, 0.25) is 5.02 Å². The van der Waals surface area contributed by atoms with Gasteiger partial charge >= 0.3 is 0 Å². The summed E-state index contributed by atoms with van der Waals surface area (Å²) >= 11 is 5.93. The summed E-state index contributed by atoms with van der Waals surface area (Å²) in [7, 11) is 0. The van der Waals surface area contributed by atoms with Crippen molar-refractivity contribution in [3.8, 4) is 16.9 Å². The number of carbonyl (C=O) groups is 1. The molecule has 2 heterocycles. The number of halogens is 1. The van der Waals surface area contributed by atoms with Crippen LogP contribution in [0.15, 0.2) is 60.8 Å². The summed E-state index contributed by atoms with van der Waals surface area (Å²) < 4.78 is 5.90. The summed E-state index contributed by atoms with van der Waals surface area (Å²) in [5.74, 6) is 1.29. The lowest BCUT2D eigenvalue weighted by molar-refractivity contribution is 0.0641. The minimum atomic E-state index is -0.705. The molecule has 0 aliphatic rings. The van der Waals surface area contributed by atoms with Gasteiger partial charge in [-0.3, -0.25) is 9.89 Å². The van der Waals surface area contributed by atoms with Crippen molar-refractivity contribution in [1.82, 2.24) is 20.2 Å². The van der Waals surface area contributed by atoms with Crippen LogP contribution in [0.25, 0.3) is 11.1 Å². The summed E-state index contributed by atoms with van der Waals surface area (Å²) in [4.78, 5) is 21.4. The van der Waals surface area contributed by atoms with Gasteiger partial charge in [-0.2, -0.15) is 0 Å². The molecule has 4 aromatic rings. The van der Waals surface area contributed by atoms with Crippen molar-refractivity contribution in [3.05, 3.63) is 88.6 Å². The first-order chi connectivity index (χ1) is 17.7. The predicted molar refractivity (Wildman–Crippen MR) is 144 cm³/mol. The van der Waals surface area contributed by atoms with Gasteiger partial charge in [-0.1, -0.05) is 29.8 Å². The van der Waals surface area contributed by atoms with E-state index in [2.05, 4.69) is 25.5 Å². The Kier molecular flexibility index (Phi) is 8.21. The second-order valence-corrected chi connectivity index (χ2v) is 9.97. The van der Waals surface area contributed by atoms with E-state index in [4.69, 9.17) is 16.3 Å². The average Bonchev–Trinajstić information content (AvgIpc) is 3.32. The third-order valence-corrected chi connectivity index (χ3v) is 5.99. The number of benzene rings is 2. The number of nitrogens with one attached hydrogen (secondary N) is 2. The molecular weight excluding hydrogens is 490 g/mol. The molecule has 8 nitrogen and oxygen atoms in total. The molecule has 9 heteroatoms. The number of amides is 1. The summed E-state index contributed by atoms with van der Waals surface area (Å²) in [5.41, 5.74) is 3.22. The highest BCUT2D eigenvalue weighted by atomic mass is 35.5. The molecule has 3 N–H and O–H groups in total. The number of carbonyl (C=O) groups excluding carboxylic acids is 1. The van der Waals surface area contributed by atoms with Gasteiger partial charge in [-0.05, 0) is 92.3 Å².